The third-order valence-electron chi connectivity index (χ3n) is 2.05. The lowest BCUT2D eigenvalue weighted by molar-refractivity contribution is 0.330. The summed E-state index contributed by atoms with van der Waals surface area (Å²) in [6, 6.07) is 3.79. The molecule has 0 radical (unpaired) electrons. The number of hydrogen-bond donors (Lipinski definition) is 4. The minimum absolute atomic E-state index is 0.469. The zero-order chi connectivity index (χ0) is 11.3. The van der Waals surface area contributed by atoms with E-state index in [9.17, 15) is 0 Å². The molecule has 0 aliphatic carbocycles. The van der Waals surface area contributed by atoms with E-state index in [0.717, 1.165) is 11.1 Å². The van der Waals surface area contributed by atoms with Crippen LogP contribution in [0, 0.1) is 0 Å². The van der Waals surface area contributed by atoms with Crippen LogP contribution in [0.15, 0.2) is 12.1 Å². The third kappa shape index (κ3) is 3.22. The molecule has 1 aromatic rings. The van der Waals surface area contributed by atoms with E-state index in [1.807, 2.05) is 12.1 Å². The zero-order valence-corrected chi connectivity index (χ0v) is 10.2. The molecule has 0 aliphatic rings. The number of rotatable bonds is 5. The molecule has 5 heteroatoms. The van der Waals surface area contributed by atoms with Gasteiger partial charge < -0.3 is 16.2 Å². The van der Waals surface area contributed by atoms with Crippen molar-refractivity contribution in [1.82, 2.24) is 0 Å². The molecule has 4 N–H and O–H groups in total. The Bertz CT molecular complexity index is 331. The Balaban J connectivity index is 2.97. The lowest BCUT2D eigenvalue weighted by Crippen LogP contribution is -2.11. The lowest BCUT2D eigenvalue weighted by Gasteiger charge is -2.12. The Kier molecular flexibility index (Phi) is 5.14. The van der Waals surface area contributed by atoms with Crippen LogP contribution in [0.2, 0.25) is 0 Å². The summed E-state index contributed by atoms with van der Waals surface area (Å²) in [6.45, 7) is 0.945. The van der Waals surface area contributed by atoms with Crippen LogP contribution >= 0.6 is 25.3 Å². The van der Waals surface area contributed by atoms with Crippen LogP contribution in [0.1, 0.15) is 11.1 Å². The summed E-state index contributed by atoms with van der Waals surface area (Å²) in [6.07, 6.45) is 0. The fourth-order valence-electron chi connectivity index (χ4n) is 1.27. The molecule has 0 unspecified atom stereocenters. The van der Waals surface area contributed by atoms with Gasteiger partial charge in [-0.05, 0) is 23.3 Å². The smallest absolute Gasteiger partial charge is 0.142 e. The van der Waals surface area contributed by atoms with Crippen molar-refractivity contribution in [2.24, 2.45) is 5.73 Å². The van der Waals surface area contributed by atoms with E-state index in [-0.39, 0.29) is 0 Å². The highest BCUT2D eigenvalue weighted by atomic mass is 32.1. The average Bonchev–Trinajstić information content (AvgIpc) is 2.27. The van der Waals surface area contributed by atoms with Gasteiger partial charge in [-0.1, -0.05) is 0 Å². The Morgan fingerprint density at radius 1 is 1.13 bits per heavy atom. The minimum atomic E-state index is 0.469. The summed E-state index contributed by atoms with van der Waals surface area (Å²) < 4.78 is 5.42. The van der Waals surface area contributed by atoms with E-state index in [0.29, 0.717) is 36.1 Å². The zero-order valence-electron chi connectivity index (χ0n) is 8.44. The van der Waals surface area contributed by atoms with Gasteiger partial charge in [0, 0.05) is 18.1 Å². The van der Waals surface area contributed by atoms with Crippen LogP contribution in [0.3, 0.4) is 0 Å². The second-order valence-electron chi connectivity index (χ2n) is 3.11. The largest absolute Gasteiger partial charge is 0.490 e. The third-order valence-corrected chi connectivity index (χ3v) is 2.73. The molecule has 0 spiro atoms. The second-order valence-corrected chi connectivity index (χ2v) is 3.74. The van der Waals surface area contributed by atoms with Crippen LogP contribution < -0.4 is 16.2 Å². The maximum atomic E-state index is 5.84. The Labute approximate surface area is 101 Å². The molecule has 3 nitrogen and oxygen atoms in total. The number of benzene rings is 1. The molecule has 1 aromatic carbocycles. The first kappa shape index (κ1) is 12.5. The van der Waals surface area contributed by atoms with E-state index in [4.69, 9.17) is 16.2 Å². The van der Waals surface area contributed by atoms with Gasteiger partial charge in [-0.3, -0.25) is 0 Å². The van der Waals surface area contributed by atoms with Crippen molar-refractivity contribution in [1.29, 1.82) is 0 Å². The summed E-state index contributed by atoms with van der Waals surface area (Å²) >= 11 is 8.49. The molecular weight excluding hydrogens is 228 g/mol. The summed E-state index contributed by atoms with van der Waals surface area (Å²) in [5, 5.41) is 0. The maximum Gasteiger partial charge on any atom is 0.142 e. The number of thiol groups is 2. The molecule has 0 saturated carbocycles. The highest BCUT2D eigenvalue weighted by Gasteiger charge is 2.06. The normalized spacial score (nSPS) is 10.3. The van der Waals surface area contributed by atoms with Gasteiger partial charge in [-0.2, -0.15) is 25.3 Å². The first-order valence-corrected chi connectivity index (χ1v) is 5.95. The number of ether oxygens (including phenoxy) is 1. The molecule has 0 atom stereocenters. The molecule has 0 aromatic heterocycles. The van der Waals surface area contributed by atoms with Crippen molar-refractivity contribution >= 4 is 30.9 Å². The summed E-state index contributed by atoms with van der Waals surface area (Å²) in [5.41, 5.74) is 14.0. The predicted octanol–water partition coefficient (Wildman–Crippen LogP) is 1.47. The average molecular weight is 244 g/mol. The molecule has 0 saturated heterocycles. The van der Waals surface area contributed by atoms with E-state index in [1.54, 1.807) is 0 Å². The number of hydrogen-bond acceptors (Lipinski definition) is 5. The van der Waals surface area contributed by atoms with Crippen LogP contribution in [-0.2, 0) is 11.5 Å². The quantitative estimate of drug-likeness (QED) is 0.468. The van der Waals surface area contributed by atoms with Gasteiger partial charge in [0.1, 0.15) is 12.4 Å². The van der Waals surface area contributed by atoms with Gasteiger partial charge in [0.25, 0.3) is 0 Å². The van der Waals surface area contributed by atoms with E-state index in [1.165, 1.54) is 0 Å². The van der Waals surface area contributed by atoms with Gasteiger partial charge in [0.05, 0.1) is 5.69 Å². The fourth-order valence-corrected chi connectivity index (χ4v) is 1.86. The van der Waals surface area contributed by atoms with Gasteiger partial charge in [-0.25, -0.2) is 0 Å². The van der Waals surface area contributed by atoms with Crippen molar-refractivity contribution in [3.05, 3.63) is 23.3 Å². The van der Waals surface area contributed by atoms with Crippen LogP contribution in [0.25, 0.3) is 0 Å². The maximum absolute atomic E-state index is 5.84. The molecular formula is C10H16N2OS2. The SMILES string of the molecule is NCCOc1cc(CS)c(CS)cc1N. The van der Waals surface area contributed by atoms with Crippen molar-refractivity contribution in [3.8, 4) is 5.75 Å². The van der Waals surface area contributed by atoms with Crippen molar-refractivity contribution in [2.75, 3.05) is 18.9 Å². The molecule has 84 valence electrons. The minimum Gasteiger partial charge on any atom is -0.490 e. The molecule has 0 aliphatic heterocycles. The van der Waals surface area contributed by atoms with Crippen LogP contribution in [0.4, 0.5) is 5.69 Å². The van der Waals surface area contributed by atoms with Gasteiger partial charge in [0.15, 0.2) is 0 Å². The number of anilines is 1. The number of nitrogens with two attached hydrogens (primary N) is 2. The van der Waals surface area contributed by atoms with Gasteiger partial charge >= 0.3 is 0 Å². The topological polar surface area (TPSA) is 61.3 Å². The molecule has 0 heterocycles. The first-order chi connectivity index (χ1) is 7.22. The standard InChI is InChI=1S/C10H16N2OS2/c11-1-2-13-10-4-8(6-15)7(5-14)3-9(10)12/h3-4,14-15H,1-2,5-6,11-12H2. The van der Waals surface area contributed by atoms with E-state index >= 15 is 0 Å². The van der Waals surface area contributed by atoms with Gasteiger partial charge in [0.2, 0.25) is 0 Å². The second kappa shape index (κ2) is 6.15. The van der Waals surface area contributed by atoms with Crippen molar-refractivity contribution in [3.63, 3.8) is 0 Å². The Morgan fingerprint density at radius 3 is 2.27 bits per heavy atom. The molecule has 15 heavy (non-hydrogen) atoms. The Morgan fingerprint density at radius 2 is 1.73 bits per heavy atom. The highest BCUT2D eigenvalue weighted by molar-refractivity contribution is 7.79. The first-order valence-electron chi connectivity index (χ1n) is 4.68. The van der Waals surface area contributed by atoms with E-state index in [2.05, 4.69) is 25.3 Å². The van der Waals surface area contributed by atoms with E-state index < -0.39 is 0 Å². The van der Waals surface area contributed by atoms with Crippen LogP contribution in [-0.4, -0.2) is 13.2 Å². The monoisotopic (exact) mass is 244 g/mol. The molecule has 1 rings (SSSR count). The van der Waals surface area contributed by atoms with Gasteiger partial charge in [-0.15, -0.1) is 0 Å². The Hall–Kier alpha value is -0.520. The highest BCUT2D eigenvalue weighted by Crippen LogP contribution is 2.27. The molecule has 0 amide bonds. The molecule has 0 fully saturated rings. The fraction of sp³-hybridized carbons (Fsp3) is 0.400. The summed E-state index contributed by atoms with van der Waals surface area (Å²) in [4.78, 5) is 0. The predicted molar refractivity (Wildman–Crippen MR) is 70.8 cm³/mol. The van der Waals surface area contributed by atoms with Crippen LogP contribution in [0.5, 0.6) is 5.75 Å². The lowest BCUT2D eigenvalue weighted by atomic mass is 10.1. The molecule has 0 bridgehead atoms. The van der Waals surface area contributed by atoms with Crippen molar-refractivity contribution < 1.29 is 4.74 Å². The van der Waals surface area contributed by atoms with Crippen molar-refractivity contribution in [2.45, 2.75) is 11.5 Å². The summed E-state index contributed by atoms with van der Waals surface area (Å²) in [7, 11) is 0. The number of nitrogen functional groups attached to an aromatic ring is 1. The summed E-state index contributed by atoms with van der Waals surface area (Å²) in [5.74, 6) is 1.97.